The van der Waals surface area contributed by atoms with Crippen LogP contribution in [-0.4, -0.2) is 11.5 Å². The van der Waals surface area contributed by atoms with E-state index in [4.69, 9.17) is 5.11 Å². The Morgan fingerprint density at radius 1 is 1.05 bits per heavy atom. The van der Waals surface area contributed by atoms with Crippen molar-refractivity contribution in [2.45, 2.75) is 13.0 Å². The first-order chi connectivity index (χ1) is 9.40. The molecule has 0 aliphatic heterocycles. The highest BCUT2D eigenvalue weighted by Crippen LogP contribution is 2.30. The minimum atomic E-state index is -4.79. The van der Waals surface area contributed by atoms with Crippen molar-refractivity contribution in [1.82, 2.24) is 0 Å². The second-order valence-electron chi connectivity index (χ2n) is 4.00. The summed E-state index contributed by atoms with van der Waals surface area (Å²) in [6, 6.07) is 9.27. The highest BCUT2D eigenvalue weighted by molar-refractivity contribution is 5.68. The van der Waals surface area contributed by atoms with E-state index >= 15 is 0 Å². The summed E-state index contributed by atoms with van der Waals surface area (Å²) in [7, 11) is 0. The minimum Gasteiger partial charge on any atom is -0.406 e. The van der Waals surface area contributed by atoms with E-state index in [9.17, 15) is 17.6 Å². The molecule has 0 heterocycles. The van der Waals surface area contributed by atoms with Gasteiger partial charge >= 0.3 is 6.36 Å². The second-order valence-corrected chi connectivity index (χ2v) is 4.00. The highest BCUT2D eigenvalue weighted by Gasteiger charge is 2.31. The summed E-state index contributed by atoms with van der Waals surface area (Å²) in [5.74, 6) is -1.02. The maximum absolute atomic E-state index is 13.5. The first-order valence-electron chi connectivity index (χ1n) is 5.65. The fourth-order valence-corrected chi connectivity index (χ4v) is 1.85. The van der Waals surface area contributed by atoms with Gasteiger partial charge in [0.15, 0.2) is 0 Å². The maximum Gasteiger partial charge on any atom is 0.573 e. The van der Waals surface area contributed by atoms with E-state index in [1.807, 2.05) is 0 Å². The van der Waals surface area contributed by atoms with Crippen molar-refractivity contribution >= 4 is 0 Å². The number of benzene rings is 2. The molecule has 20 heavy (non-hydrogen) atoms. The van der Waals surface area contributed by atoms with Gasteiger partial charge < -0.3 is 9.84 Å². The summed E-state index contributed by atoms with van der Waals surface area (Å²) in [6.45, 7) is -0.549. The van der Waals surface area contributed by atoms with E-state index in [1.165, 1.54) is 30.3 Å². The van der Waals surface area contributed by atoms with Gasteiger partial charge in [0.25, 0.3) is 0 Å². The molecule has 2 aromatic carbocycles. The molecule has 0 atom stereocenters. The number of hydrogen-bond acceptors (Lipinski definition) is 2. The molecule has 0 aliphatic rings. The van der Waals surface area contributed by atoms with Crippen LogP contribution in [0.4, 0.5) is 17.6 Å². The Hall–Kier alpha value is -2.08. The highest BCUT2D eigenvalue weighted by atomic mass is 19.4. The Kier molecular flexibility index (Phi) is 3.94. The van der Waals surface area contributed by atoms with Crippen LogP contribution in [0.25, 0.3) is 11.1 Å². The van der Waals surface area contributed by atoms with Crippen molar-refractivity contribution in [2.75, 3.05) is 0 Å². The maximum atomic E-state index is 13.5. The van der Waals surface area contributed by atoms with Crippen LogP contribution < -0.4 is 4.74 Å². The van der Waals surface area contributed by atoms with E-state index in [0.29, 0.717) is 11.1 Å². The monoisotopic (exact) mass is 286 g/mol. The van der Waals surface area contributed by atoms with Crippen LogP contribution >= 0.6 is 0 Å². The number of hydrogen-bond donors (Lipinski definition) is 1. The van der Waals surface area contributed by atoms with Crippen LogP contribution in [0.15, 0.2) is 42.5 Å². The number of aliphatic hydroxyl groups is 1. The van der Waals surface area contributed by atoms with Crippen LogP contribution in [-0.2, 0) is 6.61 Å². The quantitative estimate of drug-likeness (QED) is 0.868. The van der Waals surface area contributed by atoms with Crippen LogP contribution in [0, 0.1) is 5.82 Å². The first-order valence-corrected chi connectivity index (χ1v) is 5.65. The zero-order valence-corrected chi connectivity index (χ0v) is 10.1. The summed E-state index contributed by atoms with van der Waals surface area (Å²) in [5.41, 5.74) is 0.673. The van der Waals surface area contributed by atoms with Crippen molar-refractivity contribution in [3.63, 3.8) is 0 Å². The molecule has 0 aromatic heterocycles. The van der Waals surface area contributed by atoms with E-state index < -0.39 is 24.5 Å². The van der Waals surface area contributed by atoms with Crippen LogP contribution in [0.2, 0.25) is 0 Å². The third-order valence-corrected chi connectivity index (χ3v) is 2.66. The number of ether oxygens (including phenoxy) is 1. The molecule has 2 aromatic rings. The number of aliphatic hydroxyl groups excluding tert-OH is 1. The largest absolute Gasteiger partial charge is 0.573 e. The third-order valence-electron chi connectivity index (χ3n) is 2.66. The molecular weight excluding hydrogens is 276 g/mol. The molecule has 0 saturated carbocycles. The Morgan fingerprint density at radius 3 is 2.40 bits per heavy atom. The van der Waals surface area contributed by atoms with Gasteiger partial charge in [-0.3, -0.25) is 0 Å². The van der Waals surface area contributed by atoms with Gasteiger partial charge in [-0.05, 0) is 29.3 Å². The fraction of sp³-hybridized carbons (Fsp3) is 0.143. The summed E-state index contributed by atoms with van der Waals surface area (Å²) in [6.07, 6.45) is -4.79. The molecule has 106 valence electrons. The number of halogens is 4. The summed E-state index contributed by atoms with van der Waals surface area (Å²) < 4.78 is 53.8. The summed E-state index contributed by atoms with van der Waals surface area (Å²) in [4.78, 5) is 0. The van der Waals surface area contributed by atoms with Crippen LogP contribution in [0.5, 0.6) is 5.75 Å². The first kappa shape index (κ1) is 14.3. The van der Waals surface area contributed by atoms with Crippen LogP contribution in [0.1, 0.15) is 5.56 Å². The average molecular weight is 286 g/mol. The molecule has 2 rings (SSSR count). The predicted octanol–water partition coefficient (Wildman–Crippen LogP) is 3.88. The Bertz CT molecular complexity index is 608. The van der Waals surface area contributed by atoms with Gasteiger partial charge in [-0.2, -0.15) is 0 Å². The Labute approximate surface area is 112 Å². The van der Waals surface area contributed by atoms with E-state index in [2.05, 4.69) is 4.74 Å². The molecule has 0 aliphatic carbocycles. The van der Waals surface area contributed by atoms with Gasteiger partial charge in [0.2, 0.25) is 0 Å². The molecule has 0 radical (unpaired) electrons. The third kappa shape index (κ3) is 3.27. The molecule has 0 bridgehead atoms. The molecule has 0 fully saturated rings. The van der Waals surface area contributed by atoms with Gasteiger partial charge in [-0.15, -0.1) is 13.2 Å². The van der Waals surface area contributed by atoms with Gasteiger partial charge in [-0.25, -0.2) is 4.39 Å². The zero-order valence-electron chi connectivity index (χ0n) is 10.1. The van der Waals surface area contributed by atoms with Gasteiger partial charge in [0.05, 0.1) is 6.61 Å². The van der Waals surface area contributed by atoms with Crippen LogP contribution in [0.3, 0.4) is 0 Å². The molecule has 2 nitrogen and oxygen atoms in total. The normalized spacial score (nSPS) is 11.4. The lowest BCUT2D eigenvalue weighted by atomic mass is 9.99. The smallest absolute Gasteiger partial charge is 0.406 e. The Morgan fingerprint density at radius 2 is 1.75 bits per heavy atom. The fourth-order valence-electron chi connectivity index (χ4n) is 1.85. The standard InChI is InChI=1S/C14H10F4O2/c15-13-6-2-5-11(12(13)8-19)9-3-1-4-10(7-9)20-14(16,17)18/h1-7,19H,8H2. The molecule has 0 saturated heterocycles. The lowest BCUT2D eigenvalue weighted by Crippen LogP contribution is -2.17. The molecule has 6 heteroatoms. The molecule has 0 unspecified atom stereocenters. The minimum absolute atomic E-state index is 0.0247. The topological polar surface area (TPSA) is 29.5 Å². The number of alkyl halides is 3. The lowest BCUT2D eigenvalue weighted by molar-refractivity contribution is -0.274. The lowest BCUT2D eigenvalue weighted by Gasteiger charge is -2.12. The predicted molar refractivity (Wildman–Crippen MR) is 64.4 cm³/mol. The molecule has 0 spiro atoms. The molecular formula is C14H10F4O2. The van der Waals surface area contributed by atoms with Gasteiger partial charge in [-0.1, -0.05) is 24.3 Å². The average Bonchev–Trinajstić information content (AvgIpc) is 2.36. The second kappa shape index (κ2) is 5.50. The number of rotatable bonds is 3. The summed E-state index contributed by atoms with van der Waals surface area (Å²) in [5, 5.41) is 9.17. The van der Waals surface area contributed by atoms with Crippen molar-refractivity contribution < 1.29 is 27.4 Å². The summed E-state index contributed by atoms with van der Waals surface area (Å²) >= 11 is 0. The molecule has 0 amide bonds. The van der Waals surface area contributed by atoms with E-state index in [1.54, 1.807) is 0 Å². The van der Waals surface area contributed by atoms with Crippen molar-refractivity contribution in [3.8, 4) is 16.9 Å². The molecule has 1 N–H and O–H groups in total. The zero-order chi connectivity index (χ0) is 14.8. The SMILES string of the molecule is OCc1c(F)cccc1-c1cccc(OC(F)(F)F)c1. The van der Waals surface area contributed by atoms with Crippen molar-refractivity contribution in [1.29, 1.82) is 0 Å². The van der Waals surface area contributed by atoms with Gasteiger partial charge in [0.1, 0.15) is 11.6 Å². The van der Waals surface area contributed by atoms with E-state index in [0.717, 1.165) is 12.1 Å². The Balaban J connectivity index is 2.44. The van der Waals surface area contributed by atoms with E-state index in [-0.39, 0.29) is 5.56 Å². The van der Waals surface area contributed by atoms with Gasteiger partial charge in [0, 0.05) is 5.56 Å². The van der Waals surface area contributed by atoms with Crippen molar-refractivity contribution in [3.05, 3.63) is 53.8 Å². The van der Waals surface area contributed by atoms with Crippen molar-refractivity contribution in [2.24, 2.45) is 0 Å².